The predicted molar refractivity (Wildman–Crippen MR) is 124 cm³/mol. The Kier molecular flexibility index (Phi) is 5.46. The maximum absolute atomic E-state index is 13.0. The number of para-hydroxylation sites is 1. The Morgan fingerprint density at radius 1 is 1.18 bits per heavy atom. The summed E-state index contributed by atoms with van der Waals surface area (Å²) in [6.07, 6.45) is 2.28. The number of likely N-dealkylation sites (N-methyl/N-ethyl adjacent to an activating group) is 1. The van der Waals surface area contributed by atoms with Crippen LogP contribution in [0.15, 0.2) is 24.3 Å². The lowest BCUT2D eigenvalue weighted by Crippen LogP contribution is -2.72. The van der Waals surface area contributed by atoms with Crippen LogP contribution in [0.3, 0.4) is 0 Å². The molecule has 180 valence electrons. The van der Waals surface area contributed by atoms with Crippen LogP contribution in [-0.2, 0) is 24.5 Å². The third kappa shape index (κ3) is 2.76. The van der Waals surface area contributed by atoms with Gasteiger partial charge >= 0.3 is 11.9 Å². The van der Waals surface area contributed by atoms with Crippen LogP contribution in [-0.4, -0.2) is 66.6 Å². The van der Waals surface area contributed by atoms with E-state index in [0.29, 0.717) is 5.92 Å². The van der Waals surface area contributed by atoms with E-state index < -0.39 is 12.2 Å². The first kappa shape index (κ1) is 22.9. The van der Waals surface area contributed by atoms with Gasteiger partial charge in [0.1, 0.15) is 12.3 Å². The number of fused-ring (bicyclic) bond motifs is 2. The molecule has 8 heteroatoms. The van der Waals surface area contributed by atoms with E-state index in [1.54, 1.807) is 0 Å². The number of hydrogen-bond acceptors (Lipinski definition) is 7. The highest BCUT2D eigenvalue weighted by Gasteiger charge is 2.77. The molecule has 33 heavy (non-hydrogen) atoms. The van der Waals surface area contributed by atoms with Crippen LogP contribution >= 0.6 is 12.4 Å². The number of hydrogen-bond donors (Lipinski definition) is 1. The Morgan fingerprint density at radius 2 is 1.91 bits per heavy atom. The second-order valence-electron chi connectivity index (χ2n) is 10.3. The summed E-state index contributed by atoms with van der Waals surface area (Å²) in [7, 11) is 3.49. The molecule has 0 aromatic heterocycles. The molecule has 1 aromatic rings. The average Bonchev–Trinajstić information content (AvgIpc) is 3.19. The van der Waals surface area contributed by atoms with Gasteiger partial charge in [-0.2, -0.15) is 0 Å². The Labute approximate surface area is 200 Å². The minimum absolute atomic E-state index is 0. The quantitative estimate of drug-likeness (QED) is 0.654. The average molecular weight is 477 g/mol. The molecular formula is C25H33ClN2O5. The van der Waals surface area contributed by atoms with Crippen molar-refractivity contribution in [3.05, 3.63) is 29.8 Å². The molecular weight excluding hydrogens is 444 g/mol. The van der Waals surface area contributed by atoms with E-state index >= 15 is 0 Å². The lowest BCUT2D eigenvalue weighted by atomic mass is 9.62. The van der Waals surface area contributed by atoms with Crippen LogP contribution in [0.1, 0.15) is 44.6 Å². The molecule has 6 aliphatic rings. The molecule has 5 fully saturated rings. The molecule has 0 radical (unpaired) electrons. The number of nitrogens with zero attached hydrogens (tertiary/aromatic N) is 2. The monoisotopic (exact) mass is 476 g/mol. The third-order valence-corrected chi connectivity index (χ3v) is 9.45. The Balaban J connectivity index is 0.00000228. The van der Waals surface area contributed by atoms with Crippen molar-refractivity contribution < 1.29 is 24.2 Å². The van der Waals surface area contributed by atoms with E-state index in [9.17, 15) is 14.7 Å². The van der Waals surface area contributed by atoms with Gasteiger partial charge in [-0.1, -0.05) is 25.1 Å². The molecule has 5 heterocycles. The molecule has 1 aromatic carbocycles. The van der Waals surface area contributed by atoms with Crippen LogP contribution in [0.2, 0.25) is 0 Å². The molecule has 5 aliphatic heterocycles. The number of ether oxygens (including phenoxy) is 2. The summed E-state index contributed by atoms with van der Waals surface area (Å²) in [4.78, 5) is 29.3. The van der Waals surface area contributed by atoms with Crippen molar-refractivity contribution in [3.63, 3.8) is 0 Å². The van der Waals surface area contributed by atoms with Crippen molar-refractivity contribution in [2.45, 2.75) is 74.9 Å². The number of carbonyl (C=O) groups excluding carboxylic acids is 2. The Bertz CT molecular complexity index is 974. The SMILES string of the molecule is CC[C@H]1C2C[C@H]3[C@@H]4N(C)c5ccccc5C45C[C@@H](C2C5OC(=O)CCC(=O)OC)N3[C@@H]1O.Cl. The Morgan fingerprint density at radius 3 is 2.64 bits per heavy atom. The number of esters is 2. The molecule has 1 saturated carbocycles. The third-order valence-electron chi connectivity index (χ3n) is 9.45. The summed E-state index contributed by atoms with van der Waals surface area (Å²) in [6, 6.07) is 9.17. The highest BCUT2D eigenvalue weighted by molar-refractivity contribution is 5.85. The normalized spacial score (nSPS) is 43.0. The van der Waals surface area contributed by atoms with Gasteiger partial charge in [-0.25, -0.2) is 0 Å². The van der Waals surface area contributed by atoms with E-state index in [2.05, 4.69) is 48.0 Å². The first-order chi connectivity index (χ1) is 15.4. The molecule has 5 bridgehead atoms. The number of anilines is 1. The molecule has 1 N–H and O–H groups in total. The minimum Gasteiger partial charge on any atom is -0.469 e. The van der Waals surface area contributed by atoms with Crippen molar-refractivity contribution in [1.82, 2.24) is 4.90 Å². The van der Waals surface area contributed by atoms with Gasteiger partial charge < -0.3 is 19.5 Å². The summed E-state index contributed by atoms with van der Waals surface area (Å²) in [5.41, 5.74) is 2.22. The number of carbonyl (C=O) groups is 2. The smallest absolute Gasteiger partial charge is 0.306 e. The maximum Gasteiger partial charge on any atom is 0.306 e. The highest BCUT2D eigenvalue weighted by atomic mass is 35.5. The predicted octanol–water partition coefficient (Wildman–Crippen LogP) is 2.48. The summed E-state index contributed by atoms with van der Waals surface area (Å²) in [5.74, 6) is 0.0499. The number of rotatable bonds is 5. The van der Waals surface area contributed by atoms with Gasteiger partial charge in [0.05, 0.1) is 31.4 Å². The summed E-state index contributed by atoms with van der Waals surface area (Å²) in [6.45, 7) is 2.15. The molecule has 7 rings (SSSR count). The van der Waals surface area contributed by atoms with Crippen LogP contribution in [0.4, 0.5) is 5.69 Å². The van der Waals surface area contributed by atoms with Gasteiger partial charge in [0.15, 0.2) is 0 Å². The zero-order chi connectivity index (χ0) is 22.4. The minimum atomic E-state index is -0.422. The van der Waals surface area contributed by atoms with E-state index in [4.69, 9.17) is 9.47 Å². The van der Waals surface area contributed by atoms with Crippen LogP contribution in [0.25, 0.3) is 0 Å². The van der Waals surface area contributed by atoms with Crippen LogP contribution < -0.4 is 4.90 Å². The molecule has 10 atom stereocenters. The molecule has 0 amide bonds. The Hall–Kier alpha value is -1.83. The number of halogens is 1. The number of methoxy groups -OCH3 is 1. The van der Waals surface area contributed by atoms with Gasteiger partial charge in [0.25, 0.3) is 0 Å². The van der Waals surface area contributed by atoms with Gasteiger partial charge in [-0.05, 0) is 36.8 Å². The van der Waals surface area contributed by atoms with E-state index in [0.717, 1.165) is 19.3 Å². The molecule has 1 spiro atoms. The maximum atomic E-state index is 13.0. The lowest BCUT2D eigenvalue weighted by molar-refractivity contribution is -0.213. The second-order valence-corrected chi connectivity index (χ2v) is 10.3. The fourth-order valence-corrected chi connectivity index (χ4v) is 8.54. The van der Waals surface area contributed by atoms with Crippen LogP contribution in [0, 0.1) is 17.8 Å². The standard InChI is InChI=1S/C25H32N2O5.ClH/c1-4-13-14-11-17-22-25(15-7-5-6-8-16(15)26(22)2)12-18(27(17)24(13)30)21(14)23(25)32-20(29)10-9-19(28)31-3;/h5-8,13-14,17-18,21-24,30H,4,9-12H2,1-3H3;1H/t13-,14?,17-,18-,21?,22-,23?,24+,25?;/m0./s1. The van der Waals surface area contributed by atoms with E-state index in [-0.39, 0.29) is 72.7 Å². The zero-order valence-electron chi connectivity index (χ0n) is 19.3. The molecule has 1 aliphatic carbocycles. The molecule has 7 nitrogen and oxygen atoms in total. The molecule has 5 unspecified atom stereocenters. The van der Waals surface area contributed by atoms with Crippen molar-refractivity contribution in [2.75, 3.05) is 19.1 Å². The van der Waals surface area contributed by atoms with E-state index in [1.165, 1.54) is 18.4 Å². The molecule has 4 saturated heterocycles. The van der Waals surface area contributed by atoms with E-state index in [1.807, 2.05) is 0 Å². The summed E-state index contributed by atoms with van der Waals surface area (Å²) in [5, 5.41) is 11.3. The highest BCUT2D eigenvalue weighted by Crippen LogP contribution is 2.69. The summed E-state index contributed by atoms with van der Waals surface area (Å²) < 4.78 is 11.1. The summed E-state index contributed by atoms with van der Waals surface area (Å²) >= 11 is 0. The topological polar surface area (TPSA) is 79.3 Å². The second kappa shape index (κ2) is 7.85. The first-order valence-corrected chi connectivity index (χ1v) is 12.0. The lowest BCUT2D eigenvalue weighted by Gasteiger charge is -2.62. The van der Waals surface area contributed by atoms with Gasteiger partial charge in [0.2, 0.25) is 0 Å². The largest absolute Gasteiger partial charge is 0.469 e. The van der Waals surface area contributed by atoms with Crippen molar-refractivity contribution in [1.29, 1.82) is 0 Å². The van der Waals surface area contributed by atoms with Gasteiger partial charge in [-0.15, -0.1) is 12.4 Å². The fraction of sp³-hybridized carbons (Fsp3) is 0.680. The number of benzene rings is 1. The van der Waals surface area contributed by atoms with Crippen LogP contribution in [0.5, 0.6) is 0 Å². The number of aliphatic hydroxyl groups is 1. The first-order valence-electron chi connectivity index (χ1n) is 12.0. The van der Waals surface area contributed by atoms with Crippen molar-refractivity contribution in [2.24, 2.45) is 17.8 Å². The van der Waals surface area contributed by atoms with Gasteiger partial charge in [0, 0.05) is 36.7 Å². The van der Waals surface area contributed by atoms with Gasteiger partial charge in [-0.3, -0.25) is 14.5 Å². The number of aliphatic hydroxyl groups excluding tert-OH is 1. The van der Waals surface area contributed by atoms with Crippen molar-refractivity contribution in [3.8, 4) is 0 Å². The fourth-order valence-electron chi connectivity index (χ4n) is 8.54. The number of piperidine rings is 4. The van der Waals surface area contributed by atoms with Crippen molar-refractivity contribution >= 4 is 30.0 Å². The zero-order valence-corrected chi connectivity index (χ0v) is 20.2.